The van der Waals surface area contributed by atoms with Crippen LogP contribution in [0.15, 0.2) is 0 Å². The van der Waals surface area contributed by atoms with Gasteiger partial charge in [0, 0.05) is 0 Å². The third-order valence-electron chi connectivity index (χ3n) is 2.24. The quantitative estimate of drug-likeness (QED) is 0.617. The lowest BCUT2D eigenvalue weighted by atomic mass is 9.91. The summed E-state index contributed by atoms with van der Waals surface area (Å²) in [6, 6.07) is 0. The molecule has 0 saturated carbocycles. The predicted octanol–water partition coefficient (Wildman–Crippen LogP) is 2.02. The van der Waals surface area contributed by atoms with Crippen molar-refractivity contribution in [1.29, 1.82) is 0 Å². The minimum Gasteiger partial charge on any atom is -0.330 e. The lowest BCUT2D eigenvalue weighted by molar-refractivity contribution is 0.359. The zero-order valence-corrected chi connectivity index (χ0v) is 6.85. The fraction of sp³-hybridized carbons (Fsp3) is 1.00. The molecule has 0 radical (unpaired) electrons. The Labute approximate surface area is 58.6 Å². The largest absolute Gasteiger partial charge is 0.330 e. The smallest absolute Gasteiger partial charge is 0.00746 e. The highest BCUT2D eigenvalue weighted by molar-refractivity contribution is 4.59. The third kappa shape index (κ3) is 3.52. The summed E-state index contributed by atoms with van der Waals surface area (Å²) in [6.07, 6.45) is 2.45. The molecule has 0 aromatic rings. The molecule has 0 aromatic carbocycles. The first-order valence-corrected chi connectivity index (χ1v) is 3.92. The molecule has 0 fully saturated rings. The topological polar surface area (TPSA) is 26.0 Å². The Morgan fingerprint density at radius 2 is 1.78 bits per heavy atom. The Morgan fingerprint density at radius 1 is 1.22 bits per heavy atom. The first kappa shape index (κ1) is 8.96. The molecule has 0 aliphatic rings. The van der Waals surface area contributed by atoms with Crippen LogP contribution < -0.4 is 5.73 Å². The SMILES string of the molecule is CC[C@@H](C)[C@@H](C)CCN. The van der Waals surface area contributed by atoms with Gasteiger partial charge in [0.2, 0.25) is 0 Å². The summed E-state index contributed by atoms with van der Waals surface area (Å²) in [7, 11) is 0. The molecule has 0 spiro atoms. The van der Waals surface area contributed by atoms with E-state index in [1.807, 2.05) is 0 Å². The molecule has 1 nitrogen and oxygen atoms in total. The molecule has 0 aliphatic carbocycles. The molecule has 0 bridgehead atoms. The highest BCUT2D eigenvalue weighted by Crippen LogP contribution is 2.16. The highest BCUT2D eigenvalue weighted by Gasteiger charge is 2.07. The number of rotatable bonds is 4. The standard InChI is InChI=1S/C8H19N/c1-4-7(2)8(3)5-6-9/h7-8H,4-6,9H2,1-3H3/t7-,8+/m1/s1. The van der Waals surface area contributed by atoms with E-state index in [-0.39, 0.29) is 0 Å². The van der Waals surface area contributed by atoms with Crippen molar-refractivity contribution < 1.29 is 0 Å². The van der Waals surface area contributed by atoms with Crippen molar-refractivity contribution in [1.82, 2.24) is 0 Å². The van der Waals surface area contributed by atoms with Gasteiger partial charge in [-0.3, -0.25) is 0 Å². The molecular formula is C8H19N. The van der Waals surface area contributed by atoms with Crippen molar-refractivity contribution in [3.63, 3.8) is 0 Å². The summed E-state index contributed by atoms with van der Waals surface area (Å²) >= 11 is 0. The van der Waals surface area contributed by atoms with Crippen LogP contribution in [0.3, 0.4) is 0 Å². The molecule has 0 amide bonds. The van der Waals surface area contributed by atoms with E-state index in [0.29, 0.717) is 0 Å². The van der Waals surface area contributed by atoms with Gasteiger partial charge in [0.25, 0.3) is 0 Å². The molecule has 0 saturated heterocycles. The van der Waals surface area contributed by atoms with Gasteiger partial charge in [0.15, 0.2) is 0 Å². The van der Waals surface area contributed by atoms with Gasteiger partial charge < -0.3 is 5.73 Å². The van der Waals surface area contributed by atoms with Crippen molar-refractivity contribution in [2.75, 3.05) is 6.54 Å². The summed E-state index contributed by atoms with van der Waals surface area (Å²) in [5.74, 6) is 1.65. The fourth-order valence-electron chi connectivity index (χ4n) is 0.950. The molecule has 0 heterocycles. The minimum absolute atomic E-state index is 0.806. The molecular weight excluding hydrogens is 110 g/mol. The van der Waals surface area contributed by atoms with Crippen molar-refractivity contribution in [3.8, 4) is 0 Å². The predicted molar refractivity (Wildman–Crippen MR) is 42.3 cm³/mol. The van der Waals surface area contributed by atoms with E-state index in [2.05, 4.69) is 20.8 Å². The van der Waals surface area contributed by atoms with Gasteiger partial charge in [-0.25, -0.2) is 0 Å². The summed E-state index contributed by atoms with van der Waals surface area (Å²) in [5, 5.41) is 0. The second-order valence-corrected chi connectivity index (χ2v) is 2.94. The van der Waals surface area contributed by atoms with Crippen molar-refractivity contribution in [3.05, 3.63) is 0 Å². The van der Waals surface area contributed by atoms with Gasteiger partial charge in [-0.1, -0.05) is 27.2 Å². The van der Waals surface area contributed by atoms with Crippen LogP contribution in [0.2, 0.25) is 0 Å². The van der Waals surface area contributed by atoms with Crippen LogP contribution in [0.5, 0.6) is 0 Å². The normalized spacial score (nSPS) is 17.3. The third-order valence-corrected chi connectivity index (χ3v) is 2.24. The first-order valence-electron chi connectivity index (χ1n) is 3.92. The molecule has 9 heavy (non-hydrogen) atoms. The Morgan fingerprint density at radius 3 is 2.11 bits per heavy atom. The molecule has 2 atom stereocenters. The van der Waals surface area contributed by atoms with Crippen LogP contribution in [-0.2, 0) is 0 Å². The first-order chi connectivity index (χ1) is 4.22. The average molecular weight is 129 g/mol. The lowest BCUT2D eigenvalue weighted by Gasteiger charge is -2.16. The summed E-state index contributed by atoms with van der Waals surface area (Å²) in [6.45, 7) is 7.64. The zero-order valence-electron chi connectivity index (χ0n) is 6.85. The average Bonchev–Trinajstić information content (AvgIpc) is 1.87. The van der Waals surface area contributed by atoms with E-state index in [9.17, 15) is 0 Å². The summed E-state index contributed by atoms with van der Waals surface area (Å²) < 4.78 is 0. The van der Waals surface area contributed by atoms with Crippen molar-refractivity contribution >= 4 is 0 Å². The van der Waals surface area contributed by atoms with Gasteiger partial charge in [-0.05, 0) is 24.8 Å². The Kier molecular flexibility index (Phi) is 4.78. The molecule has 0 rings (SSSR count). The van der Waals surface area contributed by atoms with E-state index < -0.39 is 0 Å². The Hall–Kier alpha value is -0.0400. The number of hydrogen-bond donors (Lipinski definition) is 1. The fourth-order valence-corrected chi connectivity index (χ4v) is 0.950. The van der Waals surface area contributed by atoms with Gasteiger partial charge in [-0.2, -0.15) is 0 Å². The molecule has 0 aliphatic heterocycles. The van der Waals surface area contributed by atoms with Crippen LogP contribution in [0.25, 0.3) is 0 Å². The van der Waals surface area contributed by atoms with Crippen LogP contribution >= 0.6 is 0 Å². The van der Waals surface area contributed by atoms with Gasteiger partial charge in [0.05, 0.1) is 0 Å². The molecule has 1 heteroatoms. The van der Waals surface area contributed by atoms with E-state index in [1.165, 1.54) is 12.8 Å². The molecule has 0 unspecified atom stereocenters. The number of hydrogen-bond acceptors (Lipinski definition) is 1. The second kappa shape index (κ2) is 4.80. The molecule has 56 valence electrons. The van der Waals surface area contributed by atoms with Crippen molar-refractivity contribution in [2.24, 2.45) is 17.6 Å². The van der Waals surface area contributed by atoms with Crippen molar-refractivity contribution in [2.45, 2.75) is 33.6 Å². The minimum atomic E-state index is 0.806. The van der Waals surface area contributed by atoms with E-state index in [1.54, 1.807) is 0 Å². The monoisotopic (exact) mass is 129 g/mol. The molecule has 0 aromatic heterocycles. The highest BCUT2D eigenvalue weighted by atomic mass is 14.5. The maximum Gasteiger partial charge on any atom is -0.00746 e. The molecule has 2 N–H and O–H groups in total. The summed E-state index contributed by atoms with van der Waals surface area (Å²) in [5.41, 5.74) is 5.42. The maximum atomic E-state index is 5.42. The maximum absolute atomic E-state index is 5.42. The number of nitrogens with two attached hydrogens (primary N) is 1. The van der Waals surface area contributed by atoms with Gasteiger partial charge in [-0.15, -0.1) is 0 Å². The van der Waals surface area contributed by atoms with Crippen LogP contribution in [0, 0.1) is 11.8 Å². The zero-order chi connectivity index (χ0) is 7.28. The van der Waals surface area contributed by atoms with Crippen LogP contribution in [-0.4, -0.2) is 6.54 Å². The van der Waals surface area contributed by atoms with Gasteiger partial charge >= 0.3 is 0 Å². The lowest BCUT2D eigenvalue weighted by Crippen LogP contribution is -2.12. The van der Waals surface area contributed by atoms with Crippen LogP contribution in [0.4, 0.5) is 0 Å². The van der Waals surface area contributed by atoms with E-state index >= 15 is 0 Å². The Balaban J connectivity index is 3.32. The van der Waals surface area contributed by atoms with E-state index in [0.717, 1.165) is 18.4 Å². The van der Waals surface area contributed by atoms with E-state index in [4.69, 9.17) is 5.73 Å². The second-order valence-electron chi connectivity index (χ2n) is 2.94. The Bertz CT molecular complexity index is 61.6. The van der Waals surface area contributed by atoms with Crippen LogP contribution in [0.1, 0.15) is 33.6 Å². The summed E-state index contributed by atoms with van der Waals surface area (Å²) in [4.78, 5) is 0. The van der Waals surface area contributed by atoms with Gasteiger partial charge in [0.1, 0.15) is 0 Å².